The molecule has 3 rings (SSSR count). The lowest BCUT2D eigenvalue weighted by molar-refractivity contribution is -0.120. The summed E-state index contributed by atoms with van der Waals surface area (Å²) >= 11 is 1.40. The Balaban J connectivity index is 1.57. The second-order valence-corrected chi connectivity index (χ2v) is 7.06. The molecule has 0 fully saturated rings. The standard InChI is InChI=1S/C20H21N3O3S/c1-3-26-16-7-4-14(5-8-16)12-21-19(25)11-15-6-9-17-18(10-15)27-20(23-17)22-13(2)24/h4-10H,3,11-12H2,1-2H3,(H,21,25)(H,22,23,24). The first-order chi connectivity index (χ1) is 13.0. The van der Waals surface area contributed by atoms with Crippen molar-refractivity contribution in [1.82, 2.24) is 10.3 Å². The average molecular weight is 383 g/mol. The van der Waals surface area contributed by atoms with Crippen LogP contribution in [0, 0.1) is 0 Å². The normalized spacial score (nSPS) is 10.6. The molecule has 0 saturated carbocycles. The molecule has 2 N–H and O–H groups in total. The lowest BCUT2D eigenvalue weighted by atomic mass is 10.1. The van der Waals surface area contributed by atoms with E-state index in [-0.39, 0.29) is 11.8 Å². The molecule has 0 radical (unpaired) electrons. The molecule has 3 aromatic rings. The number of hydrogen-bond acceptors (Lipinski definition) is 5. The average Bonchev–Trinajstić information content (AvgIpc) is 3.02. The summed E-state index contributed by atoms with van der Waals surface area (Å²) in [5.41, 5.74) is 2.73. The Morgan fingerprint density at radius 3 is 2.56 bits per heavy atom. The molecule has 0 spiro atoms. The third-order valence-corrected chi connectivity index (χ3v) is 4.76. The molecule has 0 aliphatic heterocycles. The van der Waals surface area contributed by atoms with Crippen molar-refractivity contribution in [3.05, 3.63) is 53.6 Å². The predicted octanol–water partition coefficient (Wildman–Crippen LogP) is 3.51. The summed E-state index contributed by atoms with van der Waals surface area (Å²) in [5.74, 6) is 0.627. The summed E-state index contributed by atoms with van der Waals surface area (Å²) in [6, 6.07) is 13.4. The monoisotopic (exact) mass is 383 g/mol. The molecule has 7 heteroatoms. The number of carbonyl (C=O) groups excluding carboxylic acids is 2. The summed E-state index contributed by atoms with van der Waals surface area (Å²) in [4.78, 5) is 27.7. The predicted molar refractivity (Wildman–Crippen MR) is 107 cm³/mol. The zero-order valence-electron chi connectivity index (χ0n) is 15.2. The smallest absolute Gasteiger partial charge is 0.224 e. The van der Waals surface area contributed by atoms with Gasteiger partial charge in [0.2, 0.25) is 11.8 Å². The molecule has 140 valence electrons. The summed E-state index contributed by atoms with van der Waals surface area (Å²) < 4.78 is 6.35. The van der Waals surface area contributed by atoms with Gasteiger partial charge in [-0.05, 0) is 42.3 Å². The van der Waals surface area contributed by atoms with E-state index in [9.17, 15) is 9.59 Å². The zero-order chi connectivity index (χ0) is 19.2. The van der Waals surface area contributed by atoms with Gasteiger partial charge in [-0.25, -0.2) is 4.98 Å². The molecular formula is C20H21N3O3S. The number of rotatable bonds is 7. The summed E-state index contributed by atoms with van der Waals surface area (Å²) in [5, 5.41) is 6.18. The summed E-state index contributed by atoms with van der Waals surface area (Å²) in [7, 11) is 0. The molecule has 6 nitrogen and oxygen atoms in total. The largest absolute Gasteiger partial charge is 0.494 e. The van der Waals surface area contributed by atoms with E-state index in [1.807, 2.05) is 49.4 Å². The fourth-order valence-electron chi connectivity index (χ4n) is 2.60. The molecule has 0 saturated heterocycles. The second kappa shape index (κ2) is 8.64. The topological polar surface area (TPSA) is 80.3 Å². The minimum Gasteiger partial charge on any atom is -0.494 e. The number of anilines is 1. The number of aromatic nitrogens is 1. The van der Waals surface area contributed by atoms with Gasteiger partial charge in [0.05, 0.1) is 23.2 Å². The fraction of sp³-hybridized carbons (Fsp3) is 0.250. The fourth-order valence-corrected chi connectivity index (χ4v) is 3.58. The number of nitrogens with zero attached hydrogens (tertiary/aromatic N) is 1. The van der Waals surface area contributed by atoms with Crippen LogP contribution in [0.2, 0.25) is 0 Å². The summed E-state index contributed by atoms with van der Waals surface area (Å²) in [6.07, 6.45) is 0.292. The van der Waals surface area contributed by atoms with Crippen LogP contribution in [0.5, 0.6) is 5.75 Å². The number of ether oxygens (including phenoxy) is 1. The van der Waals surface area contributed by atoms with Crippen LogP contribution in [-0.4, -0.2) is 23.4 Å². The van der Waals surface area contributed by atoms with E-state index in [0.717, 1.165) is 27.1 Å². The number of fused-ring (bicyclic) bond motifs is 1. The molecule has 0 atom stereocenters. The highest BCUT2D eigenvalue weighted by Crippen LogP contribution is 2.27. The van der Waals surface area contributed by atoms with Crippen LogP contribution in [0.4, 0.5) is 5.13 Å². The van der Waals surface area contributed by atoms with Crippen LogP contribution in [-0.2, 0) is 22.6 Å². The Hall–Kier alpha value is -2.93. The quantitative estimate of drug-likeness (QED) is 0.654. The number of nitrogens with one attached hydrogen (secondary N) is 2. The van der Waals surface area contributed by atoms with E-state index in [4.69, 9.17) is 4.74 Å². The van der Waals surface area contributed by atoms with Crippen LogP contribution in [0.3, 0.4) is 0 Å². The number of amides is 2. The van der Waals surface area contributed by atoms with Crippen molar-refractivity contribution >= 4 is 38.5 Å². The van der Waals surface area contributed by atoms with Crippen molar-refractivity contribution in [2.45, 2.75) is 26.8 Å². The van der Waals surface area contributed by atoms with E-state index in [1.54, 1.807) is 0 Å². The molecule has 0 aliphatic rings. The van der Waals surface area contributed by atoms with E-state index in [0.29, 0.717) is 24.7 Å². The molecule has 2 aromatic carbocycles. The Morgan fingerprint density at radius 1 is 1.11 bits per heavy atom. The highest BCUT2D eigenvalue weighted by atomic mass is 32.1. The van der Waals surface area contributed by atoms with Gasteiger partial charge in [0.15, 0.2) is 5.13 Å². The Kier molecular flexibility index (Phi) is 6.03. The van der Waals surface area contributed by atoms with Gasteiger partial charge in [0.1, 0.15) is 5.75 Å². The maximum Gasteiger partial charge on any atom is 0.224 e. The Bertz CT molecular complexity index is 951. The molecule has 1 heterocycles. The van der Waals surface area contributed by atoms with Crippen LogP contribution in [0.25, 0.3) is 10.2 Å². The van der Waals surface area contributed by atoms with Gasteiger partial charge in [-0.1, -0.05) is 29.5 Å². The third kappa shape index (κ3) is 5.27. The van der Waals surface area contributed by atoms with Gasteiger partial charge in [-0.15, -0.1) is 0 Å². The molecular weight excluding hydrogens is 362 g/mol. The minimum atomic E-state index is -0.150. The highest BCUT2D eigenvalue weighted by molar-refractivity contribution is 7.22. The van der Waals surface area contributed by atoms with Crippen LogP contribution >= 0.6 is 11.3 Å². The van der Waals surface area contributed by atoms with E-state index < -0.39 is 0 Å². The van der Waals surface area contributed by atoms with Gasteiger partial charge >= 0.3 is 0 Å². The number of benzene rings is 2. The van der Waals surface area contributed by atoms with Gasteiger partial charge in [-0.2, -0.15) is 0 Å². The first-order valence-corrected chi connectivity index (χ1v) is 9.50. The maximum absolute atomic E-state index is 12.2. The Morgan fingerprint density at radius 2 is 1.85 bits per heavy atom. The number of thiazole rings is 1. The van der Waals surface area contributed by atoms with Crippen molar-refractivity contribution in [2.24, 2.45) is 0 Å². The van der Waals surface area contributed by atoms with Crippen molar-refractivity contribution in [3.8, 4) is 5.75 Å². The third-order valence-electron chi connectivity index (χ3n) is 3.82. The maximum atomic E-state index is 12.2. The van der Waals surface area contributed by atoms with Gasteiger partial charge in [0, 0.05) is 13.5 Å². The van der Waals surface area contributed by atoms with Gasteiger partial charge < -0.3 is 15.4 Å². The Labute approximate surface area is 161 Å². The first kappa shape index (κ1) is 18.8. The zero-order valence-corrected chi connectivity index (χ0v) is 16.1. The van der Waals surface area contributed by atoms with Crippen molar-refractivity contribution in [1.29, 1.82) is 0 Å². The molecule has 2 amide bonds. The molecule has 0 bridgehead atoms. The van der Waals surface area contributed by atoms with Crippen LogP contribution in [0.1, 0.15) is 25.0 Å². The van der Waals surface area contributed by atoms with E-state index in [2.05, 4.69) is 15.6 Å². The highest BCUT2D eigenvalue weighted by Gasteiger charge is 2.08. The molecule has 0 unspecified atom stereocenters. The molecule has 1 aromatic heterocycles. The van der Waals surface area contributed by atoms with Crippen LogP contribution in [0.15, 0.2) is 42.5 Å². The van der Waals surface area contributed by atoms with Crippen LogP contribution < -0.4 is 15.4 Å². The first-order valence-electron chi connectivity index (χ1n) is 8.69. The van der Waals surface area contributed by atoms with Crippen molar-refractivity contribution < 1.29 is 14.3 Å². The van der Waals surface area contributed by atoms with E-state index >= 15 is 0 Å². The van der Waals surface area contributed by atoms with E-state index in [1.165, 1.54) is 18.3 Å². The SMILES string of the molecule is CCOc1ccc(CNC(=O)Cc2ccc3nc(NC(C)=O)sc3c2)cc1. The minimum absolute atomic E-state index is 0.0464. The second-order valence-electron chi connectivity index (χ2n) is 6.03. The number of carbonyl (C=O) groups is 2. The van der Waals surface area contributed by atoms with Crippen molar-refractivity contribution in [2.75, 3.05) is 11.9 Å². The van der Waals surface area contributed by atoms with Gasteiger partial charge in [0.25, 0.3) is 0 Å². The van der Waals surface area contributed by atoms with Gasteiger partial charge in [-0.3, -0.25) is 9.59 Å². The lowest BCUT2D eigenvalue weighted by Gasteiger charge is -2.07. The summed E-state index contributed by atoms with van der Waals surface area (Å²) in [6.45, 7) is 4.50. The lowest BCUT2D eigenvalue weighted by Crippen LogP contribution is -2.24. The molecule has 0 aliphatic carbocycles. The van der Waals surface area contributed by atoms with Crippen molar-refractivity contribution in [3.63, 3.8) is 0 Å². The number of hydrogen-bond donors (Lipinski definition) is 2. The molecule has 27 heavy (non-hydrogen) atoms.